The third-order valence-electron chi connectivity index (χ3n) is 1.45. The van der Waals surface area contributed by atoms with E-state index in [1.54, 1.807) is 6.07 Å². The molecule has 0 aromatic heterocycles. The molecule has 6 heteroatoms. The van der Waals surface area contributed by atoms with E-state index in [0.717, 1.165) is 0 Å². The fourth-order valence-electron chi connectivity index (χ4n) is 0.573. The Morgan fingerprint density at radius 2 is 1.90 bits per heavy atom. The second-order valence-corrected chi connectivity index (χ2v) is 4.02. The van der Waals surface area contributed by atoms with Crippen LogP contribution in [0.2, 0.25) is 0 Å². The van der Waals surface area contributed by atoms with Gasteiger partial charge in [-0.15, -0.1) is 0 Å². The van der Waals surface area contributed by atoms with Crippen molar-refractivity contribution in [3.05, 3.63) is 0 Å². The van der Waals surface area contributed by atoms with Gasteiger partial charge in [-0.3, -0.25) is 0 Å². The molecular weight excluding hydrogens is 180 g/mol. The summed E-state index contributed by atoms with van der Waals surface area (Å²) < 4.78 is 19.8. The Hall–Kier alpha value is 0.660. The van der Waals surface area contributed by atoms with E-state index in [2.05, 4.69) is 0 Å². The summed E-state index contributed by atoms with van der Waals surface area (Å²) in [7, 11) is -3.60. The van der Waals surface area contributed by atoms with Crippen molar-refractivity contribution in [2.24, 2.45) is 5.14 Å². The van der Waals surface area contributed by atoms with Gasteiger partial charge in [0.2, 0.25) is 10.0 Å². The number of sulfonamides is 1. The molecule has 0 aliphatic heterocycles. The molecule has 0 spiro atoms. The molecule has 4 nitrogen and oxygen atoms in total. The quantitative estimate of drug-likeness (QED) is 0.504. The van der Waals surface area contributed by atoms with Crippen LogP contribution in [0.5, 0.6) is 0 Å². The zero-order chi connectivity index (χ0) is 7.12. The van der Waals surface area contributed by atoms with E-state index < -0.39 is 14.8 Å². The van der Waals surface area contributed by atoms with Crippen molar-refractivity contribution < 1.29 is 8.42 Å². The first-order chi connectivity index (χ1) is 4.02. The summed E-state index contributed by atoms with van der Waals surface area (Å²) in [6.45, 7) is 0. The Balaban J connectivity index is 0.000000810. The maximum atomic E-state index is 10.5. The average Bonchev–Trinajstić information content (AvgIpc) is 2.40. The zero-order valence-corrected chi connectivity index (χ0v) is 5.48. The molecule has 0 amide bonds. The summed E-state index contributed by atoms with van der Waals surface area (Å²) in [5, 5.41) is 13.0. The van der Waals surface area contributed by atoms with Gasteiger partial charge >= 0.3 is 37.7 Å². The molecule has 0 aromatic rings. The standard InChI is InChI=1S/C4H6N2O2S.Ca.2H/c5-3-4(1-2-4)9(6,7)8;;;/h1-2H2,(H2,6,7,8);;;. The third kappa shape index (κ3) is 1.63. The van der Waals surface area contributed by atoms with Crippen molar-refractivity contribution in [2.75, 3.05) is 0 Å². The first-order valence-corrected chi connectivity index (χ1v) is 4.00. The van der Waals surface area contributed by atoms with Gasteiger partial charge in [0, 0.05) is 0 Å². The zero-order valence-electron chi connectivity index (χ0n) is 4.66. The van der Waals surface area contributed by atoms with Crippen LogP contribution >= 0.6 is 0 Å². The number of nitrogens with two attached hydrogens (primary N) is 1. The van der Waals surface area contributed by atoms with Crippen LogP contribution in [0, 0.1) is 11.3 Å². The van der Waals surface area contributed by atoms with Crippen LogP contribution < -0.4 is 5.14 Å². The van der Waals surface area contributed by atoms with Gasteiger partial charge in [0.05, 0.1) is 6.07 Å². The van der Waals surface area contributed by atoms with Crippen molar-refractivity contribution in [2.45, 2.75) is 17.6 Å². The SMILES string of the molecule is N#CC1(S(N)(=O)=O)CC1.[CaH2]. The predicted octanol–water partition coefficient (Wildman–Crippen LogP) is -1.59. The first kappa shape index (κ1) is 10.7. The van der Waals surface area contributed by atoms with Crippen LogP contribution in [0.25, 0.3) is 0 Å². The van der Waals surface area contributed by atoms with Crippen molar-refractivity contribution in [1.29, 1.82) is 5.26 Å². The van der Waals surface area contributed by atoms with Crippen LogP contribution in [0.15, 0.2) is 0 Å². The van der Waals surface area contributed by atoms with Crippen molar-refractivity contribution in [3.8, 4) is 6.07 Å². The Morgan fingerprint density at radius 3 is 1.90 bits per heavy atom. The molecule has 1 fully saturated rings. The molecule has 1 aliphatic carbocycles. The molecule has 10 heavy (non-hydrogen) atoms. The van der Waals surface area contributed by atoms with Crippen molar-refractivity contribution in [1.82, 2.24) is 0 Å². The summed E-state index contributed by atoms with van der Waals surface area (Å²) >= 11 is 0. The fraction of sp³-hybridized carbons (Fsp3) is 0.750. The van der Waals surface area contributed by atoms with Crippen LogP contribution in [0.1, 0.15) is 12.8 Å². The minimum absolute atomic E-state index is 0. The molecule has 0 atom stereocenters. The average molecular weight is 188 g/mol. The molecule has 1 aliphatic rings. The van der Waals surface area contributed by atoms with E-state index in [4.69, 9.17) is 10.4 Å². The van der Waals surface area contributed by atoms with Gasteiger partial charge in [0.1, 0.15) is 0 Å². The van der Waals surface area contributed by atoms with Crippen LogP contribution in [0.4, 0.5) is 0 Å². The maximum absolute atomic E-state index is 10.5. The minimum atomic E-state index is -3.60. The Bertz CT molecular complexity index is 261. The normalized spacial score (nSPS) is 20.4. The van der Waals surface area contributed by atoms with Gasteiger partial charge in [0.15, 0.2) is 4.75 Å². The van der Waals surface area contributed by atoms with Crippen molar-refractivity contribution in [3.63, 3.8) is 0 Å². The van der Waals surface area contributed by atoms with Gasteiger partial charge in [-0.2, -0.15) is 5.26 Å². The molecule has 0 saturated heterocycles. The van der Waals surface area contributed by atoms with Gasteiger partial charge in [-0.25, -0.2) is 13.6 Å². The van der Waals surface area contributed by atoms with E-state index in [0.29, 0.717) is 12.8 Å². The van der Waals surface area contributed by atoms with Gasteiger partial charge in [-0.05, 0) is 12.8 Å². The number of rotatable bonds is 1. The number of nitriles is 1. The summed E-state index contributed by atoms with van der Waals surface area (Å²) in [5.41, 5.74) is 0. The van der Waals surface area contributed by atoms with E-state index in [1.165, 1.54) is 0 Å². The van der Waals surface area contributed by atoms with Crippen LogP contribution in [-0.2, 0) is 10.0 Å². The summed E-state index contributed by atoms with van der Waals surface area (Å²) in [6.07, 6.45) is 0.782. The fourth-order valence-corrected chi connectivity index (χ4v) is 1.37. The summed E-state index contributed by atoms with van der Waals surface area (Å²) in [6, 6.07) is 1.68. The molecule has 0 bridgehead atoms. The first-order valence-electron chi connectivity index (χ1n) is 2.45. The van der Waals surface area contributed by atoms with E-state index in [-0.39, 0.29) is 37.7 Å². The molecule has 0 radical (unpaired) electrons. The molecule has 1 saturated carbocycles. The number of hydrogen-bond donors (Lipinski definition) is 1. The predicted molar refractivity (Wildman–Crippen MR) is 39.2 cm³/mol. The van der Waals surface area contributed by atoms with Gasteiger partial charge in [0.25, 0.3) is 0 Å². The number of primary sulfonamides is 1. The molecular formula is C4H8CaN2O2S. The molecule has 54 valence electrons. The molecule has 1 rings (SSSR count). The van der Waals surface area contributed by atoms with Gasteiger partial charge in [-0.1, -0.05) is 0 Å². The second kappa shape index (κ2) is 2.95. The Morgan fingerprint density at radius 1 is 1.50 bits per heavy atom. The summed E-state index contributed by atoms with van der Waals surface area (Å²) in [5.74, 6) is 0. The van der Waals surface area contributed by atoms with E-state index in [9.17, 15) is 8.42 Å². The van der Waals surface area contributed by atoms with E-state index in [1.807, 2.05) is 0 Å². The molecule has 2 N–H and O–H groups in total. The molecule has 0 heterocycles. The topological polar surface area (TPSA) is 83.9 Å². The van der Waals surface area contributed by atoms with Gasteiger partial charge < -0.3 is 0 Å². The number of hydrogen-bond acceptors (Lipinski definition) is 3. The Labute approximate surface area is 89.4 Å². The second-order valence-electron chi connectivity index (χ2n) is 2.15. The Kier molecular flexibility index (Phi) is 3.15. The number of nitrogens with zero attached hydrogens (tertiary/aromatic N) is 1. The monoisotopic (exact) mass is 188 g/mol. The third-order valence-corrected chi connectivity index (χ3v) is 3.04. The van der Waals surface area contributed by atoms with Crippen LogP contribution in [0.3, 0.4) is 0 Å². The molecule has 0 unspecified atom stereocenters. The summed E-state index contributed by atoms with van der Waals surface area (Å²) in [4.78, 5) is 0. The van der Waals surface area contributed by atoms with Crippen molar-refractivity contribution >= 4 is 47.8 Å². The van der Waals surface area contributed by atoms with E-state index >= 15 is 0 Å². The van der Waals surface area contributed by atoms with Crippen LogP contribution in [-0.4, -0.2) is 50.9 Å². The molecule has 0 aromatic carbocycles.